The molecule has 0 saturated carbocycles. The smallest absolute Gasteiger partial charge is 0.00558 e. The van der Waals surface area contributed by atoms with Crippen LogP contribution in [0.25, 0.3) is 0 Å². The molecule has 0 aromatic carbocycles. The van der Waals surface area contributed by atoms with Crippen LogP contribution in [-0.2, 0) is 0 Å². The zero-order valence-electron chi connectivity index (χ0n) is 7.55. The van der Waals surface area contributed by atoms with Gasteiger partial charge in [-0.25, -0.2) is 0 Å². The standard InChI is InChI=1S/C9H18BSi/c1-4-7-10(11,8-5-2)9-6-3/h4-6H,1-3,7-9H2,11H3/q-1. The minimum atomic E-state index is -0.194. The van der Waals surface area contributed by atoms with Gasteiger partial charge in [-0.1, -0.05) is 0 Å². The highest BCUT2D eigenvalue weighted by atomic mass is 28.1. The lowest BCUT2D eigenvalue weighted by atomic mass is 9.40. The summed E-state index contributed by atoms with van der Waals surface area (Å²) in [5, 5.41) is 0. The van der Waals surface area contributed by atoms with Crippen molar-refractivity contribution in [3.8, 4) is 0 Å². The Balaban J connectivity index is 4.09. The van der Waals surface area contributed by atoms with Gasteiger partial charge in [0.25, 0.3) is 0 Å². The van der Waals surface area contributed by atoms with E-state index in [1.165, 1.54) is 10.1 Å². The van der Waals surface area contributed by atoms with Crippen LogP contribution in [0.4, 0.5) is 0 Å². The van der Waals surface area contributed by atoms with Gasteiger partial charge in [0.15, 0.2) is 0 Å². The molecule has 0 spiro atoms. The van der Waals surface area contributed by atoms with E-state index < -0.39 is 0 Å². The van der Waals surface area contributed by atoms with E-state index in [0.29, 0.717) is 0 Å². The van der Waals surface area contributed by atoms with Gasteiger partial charge in [0.2, 0.25) is 0 Å². The van der Waals surface area contributed by atoms with E-state index in [1.807, 2.05) is 18.2 Å². The molecule has 0 rings (SSSR count). The first-order valence-electron chi connectivity index (χ1n) is 4.25. The second-order valence-electron chi connectivity index (χ2n) is 3.66. The molecule has 11 heavy (non-hydrogen) atoms. The minimum Gasteiger partial charge on any atom is -0.162 e. The highest BCUT2D eigenvalue weighted by molar-refractivity contribution is 7.17. The summed E-state index contributed by atoms with van der Waals surface area (Å²) < 4.78 is 0. The maximum atomic E-state index is 3.78. The van der Waals surface area contributed by atoms with Gasteiger partial charge in [-0.15, -0.1) is 48.1 Å². The predicted molar refractivity (Wildman–Crippen MR) is 60.7 cm³/mol. The fourth-order valence-corrected chi connectivity index (χ4v) is 2.50. The van der Waals surface area contributed by atoms with Gasteiger partial charge < -0.3 is 0 Å². The lowest BCUT2D eigenvalue weighted by Crippen LogP contribution is -2.32. The molecule has 0 aliphatic carbocycles. The molecule has 0 saturated heterocycles. The Kier molecular flexibility index (Phi) is 4.96. The fraction of sp³-hybridized carbons (Fsp3) is 0.333. The largest absolute Gasteiger partial charge is 0.162 e. The lowest BCUT2D eigenvalue weighted by Gasteiger charge is -2.30. The van der Waals surface area contributed by atoms with Gasteiger partial charge in [-0.05, 0) is 0 Å². The number of hydrogen-bond donors (Lipinski definition) is 0. The van der Waals surface area contributed by atoms with Crippen LogP contribution in [0.1, 0.15) is 0 Å². The van der Waals surface area contributed by atoms with Crippen molar-refractivity contribution in [1.29, 1.82) is 0 Å². The van der Waals surface area contributed by atoms with Crippen molar-refractivity contribution >= 4 is 15.9 Å². The molecule has 0 aliphatic heterocycles. The molecule has 0 radical (unpaired) electrons. The zero-order chi connectivity index (χ0) is 8.74. The highest BCUT2D eigenvalue weighted by Crippen LogP contribution is 2.18. The SMILES string of the molecule is C=CC[B-]([SiH3])(CC=C)CC=C. The summed E-state index contributed by atoms with van der Waals surface area (Å²) in [4.78, 5) is 0. The van der Waals surface area contributed by atoms with Gasteiger partial charge in [-0.3, -0.25) is 0 Å². The van der Waals surface area contributed by atoms with Crippen molar-refractivity contribution in [2.45, 2.75) is 19.0 Å². The van der Waals surface area contributed by atoms with Crippen LogP contribution < -0.4 is 0 Å². The van der Waals surface area contributed by atoms with Crippen LogP contribution in [-0.4, -0.2) is 15.9 Å². The number of allylic oxidation sites excluding steroid dienone is 3. The van der Waals surface area contributed by atoms with E-state index >= 15 is 0 Å². The van der Waals surface area contributed by atoms with E-state index in [9.17, 15) is 0 Å². The van der Waals surface area contributed by atoms with Crippen molar-refractivity contribution in [2.75, 3.05) is 0 Å². The maximum Gasteiger partial charge on any atom is 0.00558 e. The van der Waals surface area contributed by atoms with Crippen LogP contribution in [0.3, 0.4) is 0 Å². The molecule has 0 fully saturated rings. The first-order valence-corrected chi connectivity index (χ1v) is 5.41. The quantitative estimate of drug-likeness (QED) is 0.416. The summed E-state index contributed by atoms with van der Waals surface area (Å²) in [6, 6.07) is 0. The molecule has 0 N–H and O–H groups in total. The Labute approximate surface area is 73.4 Å². The molecule has 0 nitrogen and oxygen atoms in total. The molecule has 2 heteroatoms. The Morgan fingerprint density at radius 1 is 0.909 bits per heavy atom. The Morgan fingerprint density at radius 3 is 1.36 bits per heavy atom. The lowest BCUT2D eigenvalue weighted by molar-refractivity contribution is 1.42. The fourth-order valence-electron chi connectivity index (χ4n) is 1.50. The van der Waals surface area contributed by atoms with Gasteiger partial charge in [0, 0.05) is 5.74 Å². The second kappa shape index (κ2) is 5.19. The van der Waals surface area contributed by atoms with Crippen LogP contribution in [0.5, 0.6) is 0 Å². The molecule has 0 bridgehead atoms. The van der Waals surface area contributed by atoms with Gasteiger partial charge >= 0.3 is 0 Å². The Bertz CT molecular complexity index is 125. The molecule has 0 aromatic rings. The number of rotatable bonds is 6. The summed E-state index contributed by atoms with van der Waals surface area (Å²) in [5.41, 5.74) is -0.194. The summed E-state index contributed by atoms with van der Waals surface area (Å²) in [5.74, 6) is 0. The monoisotopic (exact) mass is 165 g/mol. The van der Waals surface area contributed by atoms with Gasteiger partial charge in [-0.2, -0.15) is 19.0 Å². The topological polar surface area (TPSA) is 0 Å². The second-order valence-corrected chi connectivity index (χ2v) is 6.11. The van der Waals surface area contributed by atoms with Gasteiger partial charge in [0.05, 0.1) is 0 Å². The van der Waals surface area contributed by atoms with E-state index in [2.05, 4.69) is 19.7 Å². The normalized spacial score (nSPS) is 10.9. The average Bonchev–Trinajstić information content (AvgIpc) is 1.88. The van der Waals surface area contributed by atoms with E-state index in [4.69, 9.17) is 0 Å². The van der Waals surface area contributed by atoms with Crippen LogP contribution in [0, 0.1) is 0 Å². The summed E-state index contributed by atoms with van der Waals surface area (Å²) >= 11 is 0. The van der Waals surface area contributed by atoms with Gasteiger partial charge in [0.1, 0.15) is 0 Å². The molecule has 0 aromatic heterocycles. The maximum absolute atomic E-state index is 3.78. The molecular formula is C9H18BSi-. The van der Waals surface area contributed by atoms with Crippen LogP contribution in [0.2, 0.25) is 19.0 Å². The Morgan fingerprint density at radius 2 is 1.18 bits per heavy atom. The van der Waals surface area contributed by atoms with E-state index in [-0.39, 0.29) is 5.74 Å². The van der Waals surface area contributed by atoms with Crippen molar-refractivity contribution in [1.82, 2.24) is 0 Å². The van der Waals surface area contributed by atoms with Crippen molar-refractivity contribution < 1.29 is 0 Å². The van der Waals surface area contributed by atoms with Crippen molar-refractivity contribution in [3.05, 3.63) is 38.0 Å². The average molecular weight is 165 g/mol. The Hall–Kier alpha value is -0.498. The molecule has 0 unspecified atom stereocenters. The van der Waals surface area contributed by atoms with Crippen LogP contribution in [0.15, 0.2) is 38.0 Å². The molecule has 0 atom stereocenters. The molecule has 62 valence electrons. The molecular weight excluding hydrogens is 147 g/mol. The third kappa shape index (κ3) is 4.04. The summed E-state index contributed by atoms with van der Waals surface area (Å²) in [6.07, 6.45) is 9.55. The third-order valence-corrected chi connectivity index (χ3v) is 3.62. The highest BCUT2D eigenvalue weighted by Gasteiger charge is 2.13. The first-order chi connectivity index (χ1) is 5.18. The van der Waals surface area contributed by atoms with E-state index in [0.717, 1.165) is 19.0 Å². The van der Waals surface area contributed by atoms with Crippen molar-refractivity contribution in [2.24, 2.45) is 0 Å². The van der Waals surface area contributed by atoms with Crippen molar-refractivity contribution in [3.63, 3.8) is 0 Å². The first kappa shape index (κ1) is 10.5. The minimum absolute atomic E-state index is 0.194. The predicted octanol–water partition coefficient (Wildman–Crippen LogP) is 1.86. The van der Waals surface area contributed by atoms with Crippen LogP contribution >= 0.6 is 0 Å². The summed E-state index contributed by atoms with van der Waals surface area (Å²) in [7, 11) is 1.25. The third-order valence-electron chi connectivity index (χ3n) is 2.21. The molecule has 0 heterocycles. The molecule has 0 aliphatic rings. The number of hydrogen-bond acceptors (Lipinski definition) is 0. The zero-order valence-corrected chi connectivity index (χ0v) is 9.55. The summed E-state index contributed by atoms with van der Waals surface area (Å²) in [6.45, 7) is 11.3. The molecule has 0 amide bonds. The van der Waals surface area contributed by atoms with E-state index in [1.54, 1.807) is 0 Å².